The van der Waals surface area contributed by atoms with Crippen molar-refractivity contribution < 1.29 is 14.3 Å². The summed E-state index contributed by atoms with van der Waals surface area (Å²) in [7, 11) is 0. The van der Waals surface area contributed by atoms with Gasteiger partial charge in [-0.25, -0.2) is 4.98 Å². The van der Waals surface area contributed by atoms with Crippen LogP contribution in [0, 0.1) is 13.8 Å². The van der Waals surface area contributed by atoms with E-state index in [1.165, 1.54) is 15.9 Å². The Morgan fingerprint density at radius 1 is 1.27 bits per heavy atom. The minimum Gasteiger partial charge on any atom is -0.492 e. The normalized spacial score (nSPS) is 17.1. The Kier molecular flexibility index (Phi) is 4.20. The molecule has 4 rings (SSSR count). The van der Waals surface area contributed by atoms with Gasteiger partial charge in [0.05, 0.1) is 4.88 Å². The molecular formula is C17H21N5O3S. The van der Waals surface area contributed by atoms with E-state index in [0.717, 1.165) is 16.4 Å². The first-order chi connectivity index (χ1) is 12.4. The molecule has 4 heterocycles. The molecule has 0 spiro atoms. The minimum absolute atomic E-state index is 0.0900. The second-order valence-electron chi connectivity index (χ2n) is 6.54. The van der Waals surface area contributed by atoms with E-state index in [4.69, 9.17) is 4.42 Å². The highest BCUT2D eigenvalue weighted by molar-refractivity contribution is 7.17. The molecule has 1 amide bonds. The molecule has 1 aliphatic heterocycles. The number of fused-ring (bicyclic) bond motifs is 1. The fourth-order valence-electron chi connectivity index (χ4n) is 3.40. The number of carbonyl (C=O) groups excluding carboxylic acids is 1. The Morgan fingerprint density at radius 2 is 2.00 bits per heavy atom. The van der Waals surface area contributed by atoms with E-state index in [0.29, 0.717) is 37.0 Å². The average molecular weight is 375 g/mol. The number of aromatic hydroxyl groups is 1. The molecule has 0 bridgehead atoms. The largest absolute Gasteiger partial charge is 0.492 e. The third-order valence-corrected chi connectivity index (χ3v) is 5.78. The number of hydrogen-bond donors (Lipinski definition) is 1. The Morgan fingerprint density at radius 3 is 2.58 bits per heavy atom. The van der Waals surface area contributed by atoms with Crippen LogP contribution in [0.15, 0.2) is 16.5 Å². The van der Waals surface area contributed by atoms with Crippen LogP contribution in [0.4, 0.5) is 0 Å². The average Bonchev–Trinajstić information content (AvgIpc) is 3.26. The molecule has 1 fully saturated rings. The summed E-state index contributed by atoms with van der Waals surface area (Å²) in [5.41, 5.74) is 0. The highest BCUT2D eigenvalue weighted by Gasteiger charge is 2.33. The molecule has 1 saturated heterocycles. The Bertz CT molecular complexity index is 951. The topological polar surface area (TPSA) is 87.1 Å². The third kappa shape index (κ3) is 2.86. The number of hydrogen-bond acceptors (Lipinski definition) is 7. The first kappa shape index (κ1) is 17.0. The van der Waals surface area contributed by atoms with Crippen molar-refractivity contribution in [2.24, 2.45) is 0 Å². The molecule has 1 N–H and O–H groups in total. The van der Waals surface area contributed by atoms with Crippen LogP contribution in [-0.2, 0) is 4.79 Å². The van der Waals surface area contributed by atoms with Crippen molar-refractivity contribution in [3.63, 3.8) is 0 Å². The number of thiazole rings is 1. The lowest BCUT2D eigenvalue weighted by Crippen LogP contribution is -2.49. The number of carbonyl (C=O) groups is 1. The van der Waals surface area contributed by atoms with Gasteiger partial charge in [0.15, 0.2) is 0 Å². The van der Waals surface area contributed by atoms with E-state index in [1.807, 2.05) is 24.0 Å². The maximum absolute atomic E-state index is 11.6. The Hall–Kier alpha value is -2.39. The summed E-state index contributed by atoms with van der Waals surface area (Å²) in [6.07, 6.45) is 0. The van der Waals surface area contributed by atoms with E-state index >= 15 is 0 Å². The van der Waals surface area contributed by atoms with E-state index in [9.17, 15) is 9.90 Å². The monoisotopic (exact) mass is 375 g/mol. The summed E-state index contributed by atoms with van der Waals surface area (Å²) < 4.78 is 7.38. The van der Waals surface area contributed by atoms with E-state index in [2.05, 4.69) is 15.0 Å². The molecule has 3 aromatic rings. The molecule has 9 heteroatoms. The second-order valence-corrected chi connectivity index (χ2v) is 7.55. The number of rotatable bonds is 3. The lowest BCUT2D eigenvalue weighted by molar-refractivity contribution is -0.130. The molecule has 0 aromatic carbocycles. The van der Waals surface area contributed by atoms with E-state index in [1.54, 1.807) is 13.8 Å². The van der Waals surface area contributed by atoms with Gasteiger partial charge in [-0.15, -0.1) is 5.10 Å². The molecule has 1 unspecified atom stereocenters. The number of furan rings is 1. The van der Waals surface area contributed by atoms with E-state index in [-0.39, 0.29) is 17.8 Å². The first-order valence-corrected chi connectivity index (χ1v) is 9.36. The SMILES string of the molecule is CC(=O)N1CCN(C(c2ccc(C)o2)c2sc3nc(C)nn3c2O)CC1. The van der Waals surface area contributed by atoms with Gasteiger partial charge in [0.2, 0.25) is 16.7 Å². The quantitative estimate of drug-likeness (QED) is 0.753. The first-order valence-electron chi connectivity index (χ1n) is 8.55. The molecule has 138 valence electrons. The van der Waals surface area contributed by atoms with Gasteiger partial charge in [-0.1, -0.05) is 11.3 Å². The highest BCUT2D eigenvalue weighted by atomic mass is 32.1. The maximum Gasteiger partial charge on any atom is 0.230 e. The van der Waals surface area contributed by atoms with Crippen molar-refractivity contribution in [1.29, 1.82) is 0 Å². The molecule has 0 aliphatic carbocycles. The third-order valence-electron chi connectivity index (χ3n) is 4.71. The fraction of sp³-hybridized carbons (Fsp3) is 0.471. The summed E-state index contributed by atoms with van der Waals surface area (Å²) in [5, 5.41) is 15.0. The van der Waals surface area contributed by atoms with Crippen LogP contribution in [0.3, 0.4) is 0 Å². The zero-order chi connectivity index (χ0) is 18.4. The lowest BCUT2D eigenvalue weighted by atomic mass is 10.1. The number of piperazine rings is 1. The van der Waals surface area contributed by atoms with Gasteiger partial charge in [0, 0.05) is 33.1 Å². The smallest absolute Gasteiger partial charge is 0.230 e. The maximum atomic E-state index is 11.6. The van der Waals surface area contributed by atoms with Crippen molar-refractivity contribution in [3.05, 3.63) is 34.4 Å². The molecule has 1 aliphatic rings. The number of aryl methyl sites for hydroxylation is 2. The van der Waals surface area contributed by atoms with Crippen LogP contribution >= 0.6 is 11.3 Å². The van der Waals surface area contributed by atoms with Gasteiger partial charge >= 0.3 is 0 Å². The molecule has 3 aromatic heterocycles. The van der Waals surface area contributed by atoms with Gasteiger partial charge in [-0.3, -0.25) is 9.69 Å². The van der Waals surface area contributed by atoms with Crippen LogP contribution in [0.2, 0.25) is 0 Å². The number of amides is 1. The molecule has 26 heavy (non-hydrogen) atoms. The second kappa shape index (κ2) is 6.40. The zero-order valence-electron chi connectivity index (χ0n) is 15.0. The number of aromatic nitrogens is 3. The highest BCUT2D eigenvalue weighted by Crippen LogP contribution is 2.40. The van der Waals surface area contributed by atoms with Gasteiger partial charge in [-0.05, 0) is 26.0 Å². The van der Waals surface area contributed by atoms with Gasteiger partial charge in [0.25, 0.3) is 0 Å². The van der Waals surface area contributed by atoms with Crippen LogP contribution in [0.25, 0.3) is 4.96 Å². The number of nitrogens with zero attached hydrogens (tertiary/aromatic N) is 5. The van der Waals surface area contributed by atoms with Crippen LogP contribution in [0.5, 0.6) is 5.88 Å². The van der Waals surface area contributed by atoms with Gasteiger partial charge in [0.1, 0.15) is 23.4 Å². The van der Waals surface area contributed by atoms with Crippen LogP contribution < -0.4 is 0 Å². The van der Waals surface area contributed by atoms with Crippen LogP contribution in [0.1, 0.15) is 35.2 Å². The Labute approximate surface area is 154 Å². The lowest BCUT2D eigenvalue weighted by Gasteiger charge is -2.37. The molecule has 0 radical (unpaired) electrons. The fourth-order valence-corrected chi connectivity index (χ4v) is 4.54. The summed E-state index contributed by atoms with van der Waals surface area (Å²) in [5.74, 6) is 2.40. The minimum atomic E-state index is -0.230. The predicted molar refractivity (Wildman–Crippen MR) is 96.4 cm³/mol. The van der Waals surface area contributed by atoms with Gasteiger partial charge < -0.3 is 14.4 Å². The molecule has 0 saturated carbocycles. The zero-order valence-corrected chi connectivity index (χ0v) is 15.8. The summed E-state index contributed by atoms with van der Waals surface area (Å²) >= 11 is 1.41. The molecule has 1 atom stereocenters. The van der Waals surface area contributed by atoms with E-state index < -0.39 is 0 Å². The summed E-state index contributed by atoms with van der Waals surface area (Å²) in [6, 6.07) is 3.64. The van der Waals surface area contributed by atoms with Crippen molar-refractivity contribution in [1.82, 2.24) is 24.4 Å². The standard InChI is InChI=1S/C17H21N5O3S/c1-10-4-5-13(25-10)14(21-8-6-20(7-9-21)12(3)23)15-16(24)22-17(26-15)18-11(2)19-22/h4-5,14,24H,6-9H2,1-3H3. The van der Waals surface area contributed by atoms with Crippen LogP contribution in [-0.4, -0.2) is 61.6 Å². The molecular weight excluding hydrogens is 354 g/mol. The molecule has 8 nitrogen and oxygen atoms in total. The summed E-state index contributed by atoms with van der Waals surface area (Å²) in [6.45, 7) is 8.02. The van der Waals surface area contributed by atoms with Crippen molar-refractivity contribution in [2.45, 2.75) is 26.8 Å². The Balaban J connectivity index is 1.72. The van der Waals surface area contributed by atoms with Gasteiger partial charge in [-0.2, -0.15) is 4.52 Å². The van der Waals surface area contributed by atoms with Crippen molar-refractivity contribution in [3.8, 4) is 5.88 Å². The van der Waals surface area contributed by atoms with Crippen molar-refractivity contribution in [2.75, 3.05) is 26.2 Å². The predicted octanol–water partition coefficient (Wildman–Crippen LogP) is 1.96. The summed E-state index contributed by atoms with van der Waals surface area (Å²) in [4.78, 5) is 21.5. The van der Waals surface area contributed by atoms with Crippen molar-refractivity contribution >= 4 is 22.2 Å².